The van der Waals surface area contributed by atoms with Gasteiger partial charge in [0.1, 0.15) is 0 Å². The predicted molar refractivity (Wildman–Crippen MR) is 73.3 cm³/mol. The van der Waals surface area contributed by atoms with E-state index >= 15 is 0 Å². The Labute approximate surface area is 109 Å². The van der Waals surface area contributed by atoms with Gasteiger partial charge in [0.15, 0.2) is 0 Å². The van der Waals surface area contributed by atoms with Crippen LogP contribution in [0.15, 0.2) is 43.0 Å². The third kappa shape index (κ3) is 2.11. The van der Waals surface area contributed by atoms with Gasteiger partial charge in [0.2, 0.25) is 0 Å². The number of hydrogen-bond donors (Lipinski definition) is 1. The number of hydrogen-bond acceptors (Lipinski definition) is 2. The molecule has 0 aromatic heterocycles. The van der Waals surface area contributed by atoms with Gasteiger partial charge in [0.25, 0.3) is 0 Å². The molecule has 3 atom stereocenters. The van der Waals surface area contributed by atoms with Crippen LogP contribution in [0.4, 0.5) is 0 Å². The Bertz CT molecular complexity index is 414. The van der Waals surface area contributed by atoms with E-state index in [-0.39, 0.29) is 11.5 Å². The first kappa shape index (κ1) is 13.3. The van der Waals surface area contributed by atoms with E-state index in [1.807, 2.05) is 18.2 Å². The fourth-order valence-corrected chi connectivity index (χ4v) is 3.39. The number of ether oxygens (including phenoxy) is 1. The summed E-state index contributed by atoms with van der Waals surface area (Å²) in [4.78, 5) is 0. The number of methoxy groups -OCH3 is 1. The molecule has 2 heteroatoms. The van der Waals surface area contributed by atoms with Crippen molar-refractivity contribution in [1.82, 2.24) is 0 Å². The highest BCUT2D eigenvalue weighted by molar-refractivity contribution is 5.27. The fourth-order valence-electron chi connectivity index (χ4n) is 3.39. The van der Waals surface area contributed by atoms with Crippen LogP contribution in [0.5, 0.6) is 0 Å². The van der Waals surface area contributed by atoms with Crippen molar-refractivity contribution in [2.75, 3.05) is 7.11 Å². The quantitative estimate of drug-likeness (QED) is 0.826. The zero-order valence-corrected chi connectivity index (χ0v) is 11.2. The molecule has 98 valence electrons. The summed E-state index contributed by atoms with van der Waals surface area (Å²) in [5, 5.41) is 10.6. The monoisotopic (exact) mass is 246 g/mol. The van der Waals surface area contributed by atoms with Gasteiger partial charge in [-0.05, 0) is 24.3 Å². The second kappa shape index (κ2) is 4.87. The molecule has 0 spiro atoms. The molecule has 1 aromatic rings. The van der Waals surface area contributed by atoms with Crippen molar-refractivity contribution in [3.8, 4) is 0 Å². The molecular weight excluding hydrogens is 224 g/mol. The van der Waals surface area contributed by atoms with Crippen LogP contribution in [0.25, 0.3) is 0 Å². The van der Waals surface area contributed by atoms with Gasteiger partial charge < -0.3 is 9.84 Å². The molecular formula is C16H22O2. The zero-order valence-electron chi connectivity index (χ0n) is 11.2. The summed E-state index contributed by atoms with van der Waals surface area (Å²) in [6, 6.07) is 10.2. The largest absolute Gasteiger partial charge is 0.389 e. The molecule has 0 amide bonds. The number of aliphatic hydroxyl groups is 1. The molecule has 1 aliphatic carbocycles. The minimum absolute atomic E-state index is 0.287. The highest BCUT2D eigenvalue weighted by atomic mass is 16.5. The Morgan fingerprint density at radius 3 is 2.67 bits per heavy atom. The van der Waals surface area contributed by atoms with E-state index in [0.29, 0.717) is 12.8 Å². The summed E-state index contributed by atoms with van der Waals surface area (Å²) >= 11 is 0. The first-order chi connectivity index (χ1) is 8.56. The number of rotatable bonds is 4. The van der Waals surface area contributed by atoms with E-state index in [9.17, 15) is 5.11 Å². The molecule has 18 heavy (non-hydrogen) atoms. The summed E-state index contributed by atoms with van der Waals surface area (Å²) in [5.74, 6) is 0.287. The van der Waals surface area contributed by atoms with Gasteiger partial charge in [-0.3, -0.25) is 0 Å². The fraction of sp³-hybridized carbons (Fsp3) is 0.500. The average Bonchev–Trinajstić information content (AvgIpc) is 2.63. The molecule has 0 aliphatic heterocycles. The van der Waals surface area contributed by atoms with Crippen LogP contribution in [-0.2, 0) is 10.3 Å². The first-order valence-corrected chi connectivity index (χ1v) is 6.50. The number of benzene rings is 1. The molecule has 1 N–H and O–H groups in total. The van der Waals surface area contributed by atoms with E-state index in [2.05, 4.69) is 25.6 Å². The minimum atomic E-state index is -0.687. The van der Waals surface area contributed by atoms with Crippen LogP contribution >= 0.6 is 0 Å². The molecule has 0 saturated heterocycles. The van der Waals surface area contributed by atoms with Gasteiger partial charge >= 0.3 is 0 Å². The van der Waals surface area contributed by atoms with Gasteiger partial charge in [-0.1, -0.05) is 43.3 Å². The molecule has 2 rings (SSSR count). The molecule has 2 nitrogen and oxygen atoms in total. The van der Waals surface area contributed by atoms with Gasteiger partial charge in [-0.15, -0.1) is 6.58 Å². The summed E-state index contributed by atoms with van der Waals surface area (Å²) < 4.78 is 5.84. The maximum atomic E-state index is 10.6. The lowest BCUT2D eigenvalue weighted by Crippen LogP contribution is -2.33. The van der Waals surface area contributed by atoms with Crippen LogP contribution < -0.4 is 0 Å². The van der Waals surface area contributed by atoms with Crippen LogP contribution in [0, 0.1) is 5.92 Å². The molecule has 0 radical (unpaired) electrons. The van der Waals surface area contributed by atoms with Crippen molar-refractivity contribution in [2.45, 2.75) is 37.4 Å². The molecule has 1 aromatic carbocycles. The van der Waals surface area contributed by atoms with Crippen molar-refractivity contribution >= 4 is 0 Å². The second-order valence-corrected chi connectivity index (χ2v) is 5.46. The lowest BCUT2D eigenvalue weighted by molar-refractivity contribution is -0.0581. The van der Waals surface area contributed by atoms with E-state index < -0.39 is 5.60 Å². The average molecular weight is 246 g/mol. The van der Waals surface area contributed by atoms with Crippen molar-refractivity contribution in [3.05, 3.63) is 48.6 Å². The summed E-state index contributed by atoms with van der Waals surface area (Å²) in [7, 11) is 1.74. The second-order valence-electron chi connectivity index (χ2n) is 5.46. The van der Waals surface area contributed by atoms with Crippen LogP contribution in [-0.4, -0.2) is 17.8 Å². The molecule has 1 saturated carbocycles. The van der Waals surface area contributed by atoms with Gasteiger partial charge in [-0.2, -0.15) is 0 Å². The maximum Gasteiger partial charge on any atom is 0.0981 e. The standard InChI is InChI=1S/C16H22O2/c1-4-10-15(17)11-13(2)16(12-15,18-3)14-8-6-5-7-9-14/h4-9,13,17H,1,10-12H2,2-3H3/t13-,15+,16+/m0/s1. The lowest BCUT2D eigenvalue weighted by atomic mass is 9.84. The first-order valence-electron chi connectivity index (χ1n) is 6.50. The van der Waals surface area contributed by atoms with E-state index in [1.165, 1.54) is 0 Å². The van der Waals surface area contributed by atoms with E-state index in [1.54, 1.807) is 13.2 Å². The Kier molecular flexibility index (Phi) is 3.60. The van der Waals surface area contributed by atoms with Gasteiger partial charge in [0, 0.05) is 13.5 Å². The molecule has 1 aliphatic rings. The van der Waals surface area contributed by atoms with Crippen LogP contribution in [0.3, 0.4) is 0 Å². The highest BCUT2D eigenvalue weighted by Crippen LogP contribution is 2.51. The molecule has 0 unspecified atom stereocenters. The SMILES string of the molecule is C=CC[C@@]1(O)C[C@H](C)[C@@](OC)(c2ccccc2)C1. The molecule has 0 heterocycles. The predicted octanol–water partition coefficient (Wildman–Crippen LogP) is 3.27. The summed E-state index contributed by atoms with van der Waals surface area (Å²) in [6.45, 7) is 5.89. The lowest BCUT2D eigenvalue weighted by Gasteiger charge is -2.33. The minimum Gasteiger partial charge on any atom is -0.389 e. The Balaban J connectivity index is 2.37. The van der Waals surface area contributed by atoms with Crippen LogP contribution in [0.2, 0.25) is 0 Å². The van der Waals surface area contributed by atoms with Crippen LogP contribution in [0.1, 0.15) is 31.7 Å². The molecule has 0 bridgehead atoms. The Morgan fingerprint density at radius 1 is 1.44 bits per heavy atom. The van der Waals surface area contributed by atoms with Gasteiger partial charge in [-0.25, -0.2) is 0 Å². The van der Waals surface area contributed by atoms with E-state index in [0.717, 1.165) is 12.0 Å². The zero-order chi connectivity index (χ0) is 13.2. The summed E-state index contributed by atoms with van der Waals surface area (Å²) in [5.41, 5.74) is 0.0893. The third-order valence-electron chi connectivity index (χ3n) is 4.22. The topological polar surface area (TPSA) is 29.5 Å². The normalized spacial score (nSPS) is 35.6. The highest BCUT2D eigenvalue weighted by Gasteiger charge is 2.52. The Morgan fingerprint density at radius 2 is 2.11 bits per heavy atom. The third-order valence-corrected chi connectivity index (χ3v) is 4.22. The molecule has 1 fully saturated rings. The maximum absolute atomic E-state index is 10.6. The summed E-state index contributed by atoms with van der Waals surface area (Å²) in [6.07, 6.45) is 3.80. The Hall–Kier alpha value is -1.12. The van der Waals surface area contributed by atoms with Crippen molar-refractivity contribution in [3.63, 3.8) is 0 Å². The van der Waals surface area contributed by atoms with E-state index in [4.69, 9.17) is 4.74 Å². The smallest absolute Gasteiger partial charge is 0.0981 e. The van der Waals surface area contributed by atoms with Gasteiger partial charge in [0.05, 0.1) is 11.2 Å². The van der Waals surface area contributed by atoms with Crippen molar-refractivity contribution in [2.24, 2.45) is 5.92 Å². The van der Waals surface area contributed by atoms with Crippen molar-refractivity contribution < 1.29 is 9.84 Å². The van der Waals surface area contributed by atoms with Crippen molar-refractivity contribution in [1.29, 1.82) is 0 Å².